The van der Waals surface area contributed by atoms with Crippen molar-refractivity contribution < 1.29 is 44.3 Å². The van der Waals surface area contributed by atoms with Crippen molar-refractivity contribution in [1.82, 2.24) is 0 Å². The van der Waals surface area contributed by atoms with Gasteiger partial charge >= 0.3 is 71.3 Å². The molecule has 6 saturated carbocycles. The second-order valence-corrected chi connectivity index (χ2v) is 27.9. The van der Waals surface area contributed by atoms with E-state index in [4.69, 9.17) is 47.2 Å². The standard InChI is InChI=1S/C33H43NO.C31H43NO.4ClH.2Ti/c35-33-28(22-34-29-15-5-2-6-16-29)19-27(23-10-3-1-4-11-23)21-32(33)30-17-9-14-26-18-24-12-7-8-13-25(24)20-31(26)30;33-31-28(24-32-29-20-14-9-15-21-29)22-27(25-16-12-8-13-17-25)23-30(31)26-18-10-6-4-2-1-3-5-7-11-19-26;;;;;;/h2,5-6,15-16,19,21-26,30-31,35H,1,3-4,7-14,17-18,20H2;9,14-15,20-26,33H,1-8,10-13,16-19H2;4*1H;;/q;;;;;;2*+2/p-4. The Hall–Kier alpha value is -1.59. The summed E-state index contributed by atoms with van der Waals surface area (Å²) in [5.41, 5.74) is 9.07. The molecule has 0 aromatic heterocycles. The second-order valence-electron chi connectivity index (χ2n) is 22.8. The molecule has 0 saturated heterocycles. The molecule has 0 aliphatic heterocycles. The number of nitrogens with zero attached hydrogens (tertiary/aromatic N) is 2. The van der Waals surface area contributed by atoms with E-state index in [-0.39, 0.29) is 0 Å². The Balaban J connectivity index is 0.000000196. The first-order valence-electron chi connectivity index (χ1n) is 29.2. The summed E-state index contributed by atoms with van der Waals surface area (Å²) in [5.74, 6) is 6.80. The van der Waals surface area contributed by atoms with Gasteiger partial charge in [-0.2, -0.15) is 0 Å². The number of benzene rings is 4. The van der Waals surface area contributed by atoms with Crippen LogP contribution < -0.4 is 0 Å². The minimum atomic E-state index is -0.556. The molecule has 400 valence electrons. The fraction of sp³-hybridized carbons (Fsp3) is 0.594. The SMILES string of the molecule is Oc1c(C=Nc2ccccc2)cc(C2CCCCC2)cc1C1CCCC2CC3CCCCC3CC21.Oc1c(C=Nc2ccccc2)cc(C2CCCCC2)cc1C1CCCCCCCCCCC1.[Cl][Ti][Cl].[Cl][Ti][Cl]. The van der Waals surface area contributed by atoms with E-state index in [1.807, 2.05) is 73.1 Å². The summed E-state index contributed by atoms with van der Waals surface area (Å²) in [6, 6.07) is 29.6. The molecular formula is C64H86Cl4N2O2Ti2. The summed E-state index contributed by atoms with van der Waals surface area (Å²) < 4.78 is 0. The molecule has 4 aromatic rings. The van der Waals surface area contributed by atoms with Gasteiger partial charge in [-0.05, 0) is 164 Å². The van der Waals surface area contributed by atoms with E-state index in [0.717, 1.165) is 46.2 Å². The van der Waals surface area contributed by atoms with Gasteiger partial charge in [-0.15, -0.1) is 0 Å². The van der Waals surface area contributed by atoms with Crippen molar-refractivity contribution in [2.45, 2.75) is 216 Å². The molecule has 0 radical (unpaired) electrons. The monoisotopic (exact) mass is 1150 g/mol. The Morgan fingerprint density at radius 3 is 1.23 bits per heavy atom. The number of fused-ring (bicyclic) bond motifs is 2. The molecule has 0 amide bonds. The second kappa shape index (κ2) is 33.8. The first-order valence-corrected chi connectivity index (χ1v) is 37.8. The third-order valence-corrected chi connectivity index (χ3v) is 18.2. The van der Waals surface area contributed by atoms with Crippen LogP contribution in [0.15, 0.2) is 94.9 Å². The molecule has 4 aromatic carbocycles. The third-order valence-electron chi connectivity index (χ3n) is 18.2. The summed E-state index contributed by atoms with van der Waals surface area (Å²) >= 11 is -1.11. The number of halogens is 4. The van der Waals surface area contributed by atoms with E-state index in [2.05, 4.69) is 24.3 Å². The maximum absolute atomic E-state index is 11.7. The number of para-hydroxylation sites is 2. The molecule has 10 rings (SSSR count). The van der Waals surface area contributed by atoms with Gasteiger partial charge in [0.05, 0.1) is 11.4 Å². The number of rotatable bonds is 8. The van der Waals surface area contributed by atoms with Gasteiger partial charge in [0.15, 0.2) is 0 Å². The number of aliphatic imine (C=N–C) groups is 2. The molecule has 10 heteroatoms. The van der Waals surface area contributed by atoms with Gasteiger partial charge < -0.3 is 10.2 Å². The van der Waals surface area contributed by atoms with Crippen LogP contribution in [-0.2, 0) is 34.1 Å². The Labute approximate surface area is 480 Å². The van der Waals surface area contributed by atoms with Crippen molar-refractivity contribution in [3.05, 3.63) is 118 Å². The summed E-state index contributed by atoms with van der Waals surface area (Å²) in [7, 11) is 19.6. The van der Waals surface area contributed by atoms with Crippen molar-refractivity contribution >= 4 is 61.0 Å². The average Bonchev–Trinajstić information content (AvgIpc) is 3.44. The number of aromatic hydroxyl groups is 2. The molecule has 6 aliphatic rings. The molecule has 0 spiro atoms. The molecule has 6 aliphatic carbocycles. The fourth-order valence-electron chi connectivity index (χ4n) is 14.4. The molecule has 5 unspecified atom stereocenters. The zero-order valence-electron chi connectivity index (χ0n) is 44.4. The van der Waals surface area contributed by atoms with E-state index < -0.39 is 34.1 Å². The van der Waals surface area contributed by atoms with Gasteiger partial charge in [0.1, 0.15) is 11.5 Å². The molecule has 0 bridgehead atoms. The Morgan fingerprint density at radius 2 is 0.757 bits per heavy atom. The third kappa shape index (κ3) is 18.5. The van der Waals surface area contributed by atoms with Crippen molar-refractivity contribution in [1.29, 1.82) is 0 Å². The molecule has 0 heterocycles. The molecule has 74 heavy (non-hydrogen) atoms. The van der Waals surface area contributed by atoms with Crippen LogP contribution in [0.1, 0.15) is 250 Å². The first-order chi connectivity index (χ1) is 36.4. The summed E-state index contributed by atoms with van der Waals surface area (Å²) in [6.45, 7) is 0. The van der Waals surface area contributed by atoms with Crippen LogP contribution in [0.4, 0.5) is 11.4 Å². The number of phenolic OH excluding ortho intramolecular Hbond substituents is 2. The Bertz CT molecular complexity index is 2260. The van der Waals surface area contributed by atoms with E-state index in [9.17, 15) is 10.2 Å². The summed E-state index contributed by atoms with van der Waals surface area (Å²) in [6.07, 6.45) is 44.3. The molecule has 5 atom stereocenters. The zero-order valence-corrected chi connectivity index (χ0v) is 50.5. The molecule has 4 nitrogen and oxygen atoms in total. The zero-order chi connectivity index (χ0) is 51.7. The van der Waals surface area contributed by atoms with Crippen molar-refractivity contribution in [3.63, 3.8) is 0 Å². The minimum absolute atomic E-state index is 0.469. The fourth-order valence-corrected chi connectivity index (χ4v) is 14.4. The van der Waals surface area contributed by atoms with Gasteiger partial charge in [0, 0.05) is 23.6 Å². The van der Waals surface area contributed by atoms with Crippen molar-refractivity contribution in [2.24, 2.45) is 33.7 Å². The number of phenols is 2. The van der Waals surface area contributed by atoms with Gasteiger partial charge in [-0.25, -0.2) is 0 Å². The van der Waals surface area contributed by atoms with Gasteiger partial charge in [-0.1, -0.05) is 183 Å². The number of hydrogen-bond acceptors (Lipinski definition) is 4. The van der Waals surface area contributed by atoms with Gasteiger partial charge in [0.2, 0.25) is 0 Å². The summed E-state index contributed by atoms with van der Waals surface area (Å²) in [4.78, 5) is 9.47. The van der Waals surface area contributed by atoms with Crippen LogP contribution in [0.5, 0.6) is 11.5 Å². The van der Waals surface area contributed by atoms with E-state index in [1.54, 1.807) is 0 Å². The Kier molecular flexibility index (Phi) is 27.4. The molecule has 6 fully saturated rings. The maximum atomic E-state index is 11.7. The van der Waals surface area contributed by atoms with Crippen LogP contribution in [0.3, 0.4) is 0 Å². The predicted octanol–water partition coefficient (Wildman–Crippen LogP) is 21.6. The molecular weight excluding hydrogens is 1070 g/mol. The first kappa shape index (κ1) is 60.1. The van der Waals surface area contributed by atoms with E-state index in [1.165, 1.54) is 215 Å². The van der Waals surface area contributed by atoms with Crippen LogP contribution >= 0.6 is 37.2 Å². The topological polar surface area (TPSA) is 65.2 Å². The van der Waals surface area contributed by atoms with Gasteiger partial charge in [0.25, 0.3) is 0 Å². The number of hydrogen-bond donors (Lipinski definition) is 2. The van der Waals surface area contributed by atoms with Gasteiger partial charge in [-0.3, -0.25) is 9.98 Å². The normalized spacial score (nSPS) is 24.5. The summed E-state index contributed by atoms with van der Waals surface area (Å²) in [5, 5.41) is 23.1. The average molecular weight is 1150 g/mol. The van der Waals surface area contributed by atoms with Crippen LogP contribution in [-0.4, -0.2) is 22.6 Å². The van der Waals surface area contributed by atoms with E-state index >= 15 is 0 Å². The van der Waals surface area contributed by atoms with Crippen LogP contribution in [0, 0.1) is 23.7 Å². The van der Waals surface area contributed by atoms with Crippen molar-refractivity contribution in [3.8, 4) is 11.5 Å². The van der Waals surface area contributed by atoms with E-state index in [0.29, 0.717) is 35.2 Å². The predicted molar refractivity (Wildman–Crippen MR) is 310 cm³/mol. The Morgan fingerprint density at radius 1 is 0.392 bits per heavy atom. The molecule has 2 N–H and O–H groups in total. The van der Waals surface area contributed by atoms with Crippen molar-refractivity contribution in [2.75, 3.05) is 0 Å². The van der Waals surface area contributed by atoms with Crippen LogP contribution in [0.2, 0.25) is 0 Å². The quantitative estimate of drug-likeness (QED) is 0.136. The van der Waals surface area contributed by atoms with Crippen LogP contribution in [0.25, 0.3) is 0 Å².